The molecule has 0 fully saturated rings. The van der Waals surface area contributed by atoms with E-state index in [-0.39, 0.29) is 23.8 Å². The number of benzene rings is 2. The molecule has 0 atom stereocenters. The molecule has 1 aliphatic heterocycles. The van der Waals surface area contributed by atoms with E-state index in [1.165, 1.54) is 0 Å². The lowest BCUT2D eigenvalue weighted by atomic mass is 9.86. The highest BCUT2D eigenvalue weighted by Gasteiger charge is 2.27. The zero-order valence-electron chi connectivity index (χ0n) is 17.7. The van der Waals surface area contributed by atoms with E-state index < -0.39 is 0 Å². The van der Waals surface area contributed by atoms with Crippen LogP contribution >= 0.6 is 0 Å². The summed E-state index contributed by atoms with van der Waals surface area (Å²) in [6.07, 6.45) is 2.02. The van der Waals surface area contributed by atoms with Crippen LogP contribution in [0.2, 0.25) is 0 Å². The van der Waals surface area contributed by atoms with E-state index in [4.69, 9.17) is 4.74 Å². The number of nitrogens with zero attached hydrogens (tertiary/aromatic N) is 1. The molecule has 0 saturated carbocycles. The molecule has 0 spiro atoms. The summed E-state index contributed by atoms with van der Waals surface area (Å²) < 4.78 is 5.62. The van der Waals surface area contributed by atoms with Crippen molar-refractivity contribution in [2.75, 3.05) is 18.1 Å². The lowest BCUT2D eigenvalue weighted by Gasteiger charge is -2.31. The van der Waals surface area contributed by atoms with Crippen molar-refractivity contribution in [2.24, 2.45) is 0 Å². The van der Waals surface area contributed by atoms with Crippen LogP contribution in [0.1, 0.15) is 62.0 Å². The van der Waals surface area contributed by atoms with Crippen molar-refractivity contribution < 1.29 is 14.3 Å². The van der Waals surface area contributed by atoms with Crippen molar-refractivity contribution in [2.45, 2.75) is 52.5 Å². The van der Waals surface area contributed by atoms with Gasteiger partial charge in [-0.15, -0.1) is 0 Å². The van der Waals surface area contributed by atoms with Gasteiger partial charge in [0.25, 0.3) is 11.8 Å². The van der Waals surface area contributed by atoms with Gasteiger partial charge in [-0.25, -0.2) is 0 Å². The minimum atomic E-state index is -0.0649. The van der Waals surface area contributed by atoms with Gasteiger partial charge in [-0.1, -0.05) is 52.3 Å². The summed E-state index contributed by atoms with van der Waals surface area (Å²) in [6, 6.07) is 13.5. The number of hydrogen-bond acceptors (Lipinski definition) is 3. The fraction of sp³-hybridized carbons (Fsp3) is 0.417. The number of amides is 2. The quantitative estimate of drug-likeness (QED) is 0.737. The van der Waals surface area contributed by atoms with Crippen molar-refractivity contribution in [3.8, 4) is 5.75 Å². The summed E-state index contributed by atoms with van der Waals surface area (Å²) in [4.78, 5) is 26.5. The Hall–Kier alpha value is -2.82. The maximum absolute atomic E-state index is 12.6. The van der Waals surface area contributed by atoms with Crippen LogP contribution in [0.25, 0.3) is 0 Å². The predicted molar refractivity (Wildman–Crippen MR) is 116 cm³/mol. The highest BCUT2D eigenvalue weighted by atomic mass is 16.5. The molecule has 0 radical (unpaired) electrons. The third-order valence-corrected chi connectivity index (χ3v) is 5.14. The van der Waals surface area contributed by atoms with Crippen LogP contribution in [0.5, 0.6) is 5.75 Å². The zero-order valence-corrected chi connectivity index (χ0v) is 17.7. The number of unbranched alkanes of at least 4 members (excludes halogenated alkanes) is 1. The summed E-state index contributed by atoms with van der Waals surface area (Å²) in [6.45, 7) is 9.71. The lowest BCUT2D eigenvalue weighted by molar-refractivity contribution is -0.121. The van der Waals surface area contributed by atoms with Gasteiger partial charge in [-0.05, 0) is 47.2 Å². The molecule has 0 aromatic heterocycles. The second-order valence-corrected chi connectivity index (χ2v) is 8.51. The summed E-state index contributed by atoms with van der Waals surface area (Å²) in [5, 5.41) is 2.92. The molecule has 3 rings (SSSR count). The molecule has 29 heavy (non-hydrogen) atoms. The molecule has 2 aromatic carbocycles. The Morgan fingerprint density at radius 3 is 2.52 bits per heavy atom. The van der Waals surface area contributed by atoms with Crippen LogP contribution in [0.3, 0.4) is 0 Å². The molecule has 2 amide bonds. The van der Waals surface area contributed by atoms with Gasteiger partial charge in [-0.2, -0.15) is 0 Å². The van der Waals surface area contributed by atoms with Crippen molar-refractivity contribution in [3.05, 3.63) is 59.2 Å². The molecule has 1 N–H and O–H groups in total. The first kappa shape index (κ1) is 20.9. The van der Waals surface area contributed by atoms with Gasteiger partial charge in [0.1, 0.15) is 5.75 Å². The van der Waals surface area contributed by atoms with E-state index in [9.17, 15) is 9.59 Å². The van der Waals surface area contributed by atoms with Gasteiger partial charge in [-0.3, -0.25) is 9.59 Å². The lowest BCUT2D eigenvalue weighted by Crippen LogP contribution is -2.38. The van der Waals surface area contributed by atoms with Crippen LogP contribution in [0, 0.1) is 0 Å². The van der Waals surface area contributed by atoms with Crippen LogP contribution in [0.4, 0.5) is 5.69 Å². The summed E-state index contributed by atoms with van der Waals surface area (Å²) in [7, 11) is 0. The van der Waals surface area contributed by atoms with Gasteiger partial charge in [0, 0.05) is 12.1 Å². The first-order valence-corrected chi connectivity index (χ1v) is 10.2. The third-order valence-electron chi connectivity index (χ3n) is 5.14. The number of carbonyl (C=O) groups excluding carboxylic acids is 2. The fourth-order valence-electron chi connectivity index (χ4n) is 3.27. The Bertz CT molecular complexity index is 882. The first-order chi connectivity index (χ1) is 13.8. The first-order valence-electron chi connectivity index (χ1n) is 10.2. The molecule has 1 aliphatic rings. The van der Waals surface area contributed by atoms with Crippen LogP contribution in [-0.2, 0) is 16.8 Å². The van der Waals surface area contributed by atoms with Crippen LogP contribution in [0.15, 0.2) is 42.5 Å². The van der Waals surface area contributed by atoms with E-state index in [0.717, 1.165) is 35.4 Å². The number of rotatable bonds is 6. The molecule has 2 aromatic rings. The number of hydrogen-bond donors (Lipinski definition) is 1. The molecule has 154 valence electrons. The summed E-state index contributed by atoms with van der Waals surface area (Å²) >= 11 is 0. The van der Waals surface area contributed by atoms with E-state index in [1.54, 1.807) is 4.90 Å². The third kappa shape index (κ3) is 4.97. The largest absolute Gasteiger partial charge is 0.482 e. The second kappa shape index (κ2) is 8.68. The number of fused-ring (bicyclic) bond motifs is 1. The Labute approximate surface area is 173 Å². The van der Waals surface area contributed by atoms with E-state index in [0.29, 0.717) is 18.7 Å². The van der Waals surface area contributed by atoms with E-state index in [1.807, 2.05) is 36.4 Å². The Morgan fingerprint density at radius 1 is 1.14 bits per heavy atom. The molecule has 0 aliphatic carbocycles. The number of carbonyl (C=O) groups is 2. The normalized spacial score (nSPS) is 13.7. The maximum atomic E-state index is 12.6. The Morgan fingerprint density at radius 2 is 1.86 bits per heavy atom. The maximum Gasteiger partial charge on any atom is 0.265 e. The molecule has 0 bridgehead atoms. The SMILES string of the molecule is CCCCNC(=O)c1ccc(CN2C(=O)COc3ccc(C(C)(C)C)cc32)cc1. The Balaban J connectivity index is 1.78. The average Bonchev–Trinajstić information content (AvgIpc) is 2.69. The average molecular weight is 395 g/mol. The van der Waals surface area contributed by atoms with E-state index in [2.05, 4.69) is 39.1 Å². The molecular formula is C24H30N2O3. The number of anilines is 1. The predicted octanol–water partition coefficient (Wildman–Crippen LogP) is 4.44. The van der Waals surface area contributed by atoms with Crippen molar-refractivity contribution in [3.63, 3.8) is 0 Å². The monoisotopic (exact) mass is 394 g/mol. The van der Waals surface area contributed by atoms with Gasteiger partial charge in [0.05, 0.1) is 12.2 Å². The second-order valence-electron chi connectivity index (χ2n) is 8.51. The minimum absolute atomic E-state index is 0.0199. The highest BCUT2D eigenvalue weighted by molar-refractivity contribution is 5.98. The summed E-state index contributed by atoms with van der Waals surface area (Å²) in [5.74, 6) is 0.599. The van der Waals surface area contributed by atoms with Crippen molar-refractivity contribution >= 4 is 17.5 Å². The van der Waals surface area contributed by atoms with Crippen molar-refractivity contribution in [1.82, 2.24) is 5.32 Å². The number of ether oxygens (including phenoxy) is 1. The number of nitrogens with one attached hydrogen (secondary N) is 1. The molecule has 0 saturated heterocycles. The minimum Gasteiger partial charge on any atom is -0.482 e. The van der Waals surface area contributed by atoms with Gasteiger partial charge in [0.15, 0.2) is 6.61 Å². The highest BCUT2D eigenvalue weighted by Crippen LogP contribution is 2.37. The van der Waals surface area contributed by atoms with Crippen molar-refractivity contribution in [1.29, 1.82) is 0 Å². The van der Waals surface area contributed by atoms with Gasteiger partial charge < -0.3 is 15.0 Å². The van der Waals surface area contributed by atoms with Gasteiger partial charge >= 0.3 is 0 Å². The molecule has 5 nitrogen and oxygen atoms in total. The van der Waals surface area contributed by atoms with Crippen LogP contribution in [-0.4, -0.2) is 25.0 Å². The molecule has 5 heteroatoms. The molecular weight excluding hydrogens is 364 g/mol. The molecule has 1 heterocycles. The van der Waals surface area contributed by atoms with Gasteiger partial charge in [0.2, 0.25) is 0 Å². The van der Waals surface area contributed by atoms with E-state index >= 15 is 0 Å². The zero-order chi connectivity index (χ0) is 21.0. The smallest absolute Gasteiger partial charge is 0.265 e. The van der Waals surface area contributed by atoms with Crippen LogP contribution < -0.4 is 15.0 Å². The standard InChI is InChI=1S/C24H30N2O3/c1-5-6-13-25-23(28)18-9-7-17(8-10-18)15-26-20-14-19(24(2,3)4)11-12-21(20)29-16-22(26)27/h7-12,14H,5-6,13,15-16H2,1-4H3,(H,25,28). The topological polar surface area (TPSA) is 58.6 Å². The summed E-state index contributed by atoms with van der Waals surface area (Å²) in [5.41, 5.74) is 3.54. The Kier molecular flexibility index (Phi) is 6.26. The molecule has 0 unspecified atom stereocenters. The fourth-order valence-corrected chi connectivity index (χ4v) is 3.27.